The van der Waals surface area contributed by atoms with Crippen molar-refractivity contribution in [3.05, 3.63) is 42.0 Å². The first-order chi connectivity index (χ1) is 12.3. The topological polar surface area (TPSA) is 118 Å². The van der Waals surface area contributed by atoms with Crippen LogP contribution < -0.4 is 15.9 Å². The van der Waals surface area contributed by atoms with E-state index in [0.717, 1.165) is 22.1 Å². The lowest BCUT2D eigenvalue weighted by Gasteiger charge is -2.13. The molecule has 0 saturated carbocycles. The molecule has 2 aromatic rings. The van der Waals surface area contributed by atoms with E-state index in [1.54, 1.807) is 6.07 Å². The largest absolute Gasteiger partial charge is 0.748 e. The number of thioether (sulfide) groups is 1. The molecule has 26 heavy (non-hydrogen) atoms. The Kier molecular flexibility index (Phi) is 9.47. The van der Waals surface area contributed by atoms with Crippen molar-refractivity contribution in [1.29, 1.82) is 0 Å². The molecule has 0 atom stereocenters. The number of nitrogens with two attached hydrogens (primary N) is 2. The standard InChI is InChI=1S/C13H14O4S.C5H12N2S/c1-17-13-7-6-10-4-2-3-5-11(10)12(13)8-9-18(14,15)16;1-2-3-4-8-5(6)7/h2-7H,8-9H2,1H3,(H,14,15,16);2-4H2,1H3,(H3,6,7). The number of aryl methyl sites for hydroxylation is 1. The lowest BCUT2D eigenvalue weighted by molar-refractivity contribution is -0.110. The molecule has 0 aliphatic rings. The zero-order chi connectivity index (χ0) is 19.6. The third-order valence-corrected chi connectivity index (χ3v) is 5.12. The van der Waals surface area contributed by atoms with Gasteiger partial charge >= 0.3 is 0 Å². The Morgan fingerprint density at radius 1 is 1.27 bits per heavy atom. The Balaban J connectivity index is 0.000000359. The molecule has 2 rings (SSSR count). The quantitative estimate of drug-likeness (QED) is 0.316. The van der Waals surface area contributed by atoms with Gasteiger partial charge in [0.1, 0.15) is 5.75 Å². The summed E-state index contributed by atoms with van der Waals surface area (Å²) in [6.07, 6.45) is 2.57. The molecule has 6 nitrogen and oxygen atoms in total. The van der Waals surface area contributed by atoms with Crippen molar-refractivity contribution in [2.45, 2.75) is 26.2 Å². The molecule has 8 heteroatoms. The monoisotopic (exact) mass is 398 g/mol. The van der Waals surface area contributed by atoms with E-state index in [9.17, 15) is 13.0 Å². The minimum absolute atomic E-state index is 0.163. The SMILES string of the molecule is CCCCSC(N)=[NH2+].COc1ccc2ccccc2c1CCS(=O)(=O)[O-]. The van der Waals surface area contributed by atoms with E-state index >= 15 is 0 Å². The van der Waals surface area contributed by atoms with Crippen molar-refractivity contribution in [3.8, 4) is 5.75 Å². The number of hydrogen-bond acceptors (Lipinski definition) is 5. The van der Waals surface area contributed by atoms with Crippen LogP contribution in [-0.2, 0) is 16.5 Å². The average molecular weight is 399 g/mol. The maximum Gasteiger partial charge on any atom is 0.299 e. The van der Waals surface area contributed by atoms with Crippen LogP contribution in [0.25, 0.3) is 10.8 Å². The Hall–Kier alpha value is -1.77. The van der Waals surface area contributed by atoms with E-state index in [2.05, 4.69) is 6.92 Å². The average Bonchev–Trinajstić information content (AvgIpc) is 2.59. The Morgan fingerprint density at radius 2 is 1.96 bits per heavy atom. The third-order valence-electron chi connectivity index (χ3n) is 3.59. The Morgan fingerprint density at radius 3 is 2.54 bits per heavy atom. The molecule has 0 fully saturated rings. The van der Waals surface area contributed by atoms with Gasteiger partial charge in [-0.2, -0.15) is 0 Å². The molecular formula is C18H26N2O4S2. The second-order valence-corrected chi connectivity index (χ2v) is 8.28. The van der Waals surface area contributed by atoms with Gasteiger partial charge < -0.3 is 9.29 Å². The maximum atomic E-state index is 10.7. The highest BCUT2D eigenvalue weighted by atomic mass is 32.2. The van der Waals surface area contributed by atoms with Gasteiger partial charge in [-0.3, -0.25) is 11.1 Å². The van der Waals surface area contributed by atoms with Gasteiger partial charge in [0.15, 0.2) is 0 Å². The van der Waals surface area contributed by atoms with Gasteiger partial charge in [0.25, 0.3) is 5.17 Å². The second kappa shape index (κ2) is 11.1. The zero-order valence-electron chi connectivity index (χ0n) is 15.1. The summed E-state index contributed by atoms with van der Waals surface area (Å²) in [5.41, 5.74) is 5.95. The van der Waals surface area contributed by atoms with Crippen molar-refractivity contribution in [2.75, 3.05) is 18.6 Å². The molecule has 0 amide bonds. The molecule has 144 valence electrons. The summed E-state index contributed by atoms with van der Waals surface area (Å²) < 4.78 is 37.5. The molecule has 0 aliphatic heterocycles. The second-order valence-electron chi connectivity index (χ2n) is 5.58. The fourth-order valence-electron chi connectivity index (χ4n) is 2.33. The van der Waals surface area contributed by atoms with Gasteiger partial charge in [-0.25, -0.2) is 8.42 Å². The van der Waals surface area contributed by atoms with Crippen LogP contribution in [0.1, 0.15) is 25.3 Å². The molecule has 4 N–H and O–H groups in total. The number of fused-ring (bicyclic) bond motifs is 1. The van der Waals surface area contributed by atoms with Gasteiger partial charge in [-0.1, -0.05) is 43.7 Å². The number of amidine groups is 1. The van der Waals surface area contributed by atoms with Crippen LogP contribution in [-0.4, -0.2) is 36.8 Å². The minimum Gasteiger partial charge on any atom is -0.748 e. The first-order valence-electron chi connectivity index (χ1n) is 8.27. The molecule has 0 bridgehead atoms. The predicted molar refractivity (Wildman–Crippen MR) is 107 cm³/mol. The van der Waals surface area contributed by atoms with Crippen LogP contribution in [0.4, 0.5) is 0 Å². The summed E-state index contributed by atoms with van der Waals surface area (Å²) >= 11 is 1.53. The fourth-order valence-corrected chi connectivity index (χ4v) is 3.45. The predicted octanol–water partition coefficient (Wildman–Crippen LogP) is 1.53. The summed E-state index contributed by atoms with van der Waals surface area (Å²) in [6, 6.07) is 11.3. The van der Waals surface area contributed by atoms with E-state index in [-0.39, 0.29) is 6.42 Å². The van der Waals surface area contributed by atoms with Crippen molar-refractivity contribution >= 4 is 37.8 Å². The Bertz CT molecular complexity index is 823. The molecule has 0 spiro atoms. The molecule has 0 aliphatic carbocycles. The highest BCUT2D eigenvalue weighted by molar-refractivity contribution is 8.13. The molecule has 2 aromatic carbocycles. The maximum absolute atomic E-state index is 10.7. The van der Waals surface area contributed by atoms with Gasteiger partial charge in [0.2, 0.25) is 0 Å². The van der Waals surface area contributed by atoms with Gasteiger partial charge in [0.05, 0.1) is 17.2 Å². The van der Waals surface area contributed by atoms with Crippen molar-refractivity contribution in [1.82, 2.24) is 0 Å². The smallest absolute Gasteiger partial charge is 0.299 e. The third kappa shape index (κ3) is 8.07. The lowest BCUT2D eigenvalue weighted by atomic mass is 10.0. The lowest BCUT2D eigenvalue weighted by Crippen LogP contribution is -2.43. The van der Waals surface area contributed by atoms with E-state index in [1.165, 1.54) is 31.7 Å². The van der Waals surface area contributed by atoms with E-state index in [0.29, 0.717) is 10.9 Å². The van der Waals surface area contributed by atoms with Crippen molar-refractivity contribution in [2.24, 2.45) is 5.73 Å². The van der Waals surface area contributed by atoms with Crippen LogP contribution in [0.15, 0.2) is 36.4 Å². The van der Waals surface area contributed by atoms with Crippen LogP contribution in [0, 0.1) is 0 Å². The minimum atomic E-state index is -4.22. The summed E-state index contributed by atoms with van der Waals surface area (Å²) in [4.78, 5) is 0. The number of ether oxygens (including phenoxy) is 1. The van der Waals surface area contributed by atoms with E-state index in [1.807, 2.05) is 30.3 Å². The highest BCUT2D eigenvalue weighted by Gasteiger charge is 2.09. The van der Waals surface area contributed by atoms with Gasteiger partial charge in [-0.05, 0) is 41.4 Å². The summed E-state index contributed by atoms with van der Waals surface area (Å²) in [7, 11) is -2.69. The van der Waals surface area contributed by atoms with Crippen LogP contribution >= 0.6 is 11.8 Å². The summed E-state index contributed by atoms with van der Waals surface area (Å²) in [6.45, 7) is 2.15. The number of rotatable bonds is 7. The van der Waals surface area contributed by atoms with E-state index < -0.39 is 15.9 Å². The molecule has 0 saturated heterocycles. The first-order valence-corrected chi connectivity index (χ1v) is 10.8. The van der Waals surface area contributed by atoms with Crippen LogP contribution in [0.5, 0.6) is 5.75 Å². The molecule has 0 heterocycles. The van der Waals surface area contributed by atoms with Gasteiger partial charge in [0, 0.05) is 17.1 Å². The molecular weight excluding hydrogens is 372 g/mol. The molecule has 0 unspecified atom stereocenters. The number of methoxy groups -OCH3 is 1. The normalized spacial score (nSPS) is 10.9. The Labute approximate surface area is 159 Å². The van der Waals surface area contributed by atoms with Gasteiger partial charge in [-0.15, -0.1) is 0 Å². The highest BCUT2D eigenvalue weighted by Crippen LogP contribution is 2.28. The number of unbranched alkanes of at least 4 members (excludes halogenated alkanes) is 1. The number of benzene rings is 2. The summed E-state index contributed by atoms with van der Waals surface area (Å²) in [5.74, 6) is 1.24. The first kappa shape index (κ1) is 22.3. The molecule has 0 aromatic heterocycles. The van der Waals surface area contributed by atoms with E-state index in [4.69, 9.17) is 15.9 Å². The van der Waals surface area contributed by atoms with Crippen molar-refractivity contribution < 1.29 is 23.1 Å². The van der Waals surface area contributed by atoms with Crippen LogP contribution in [0.2, 0.25) is 0 Å². The van der Waals surface area contributed by atoms with Crippen LogP contribution in [0.3, 0.4) is 0 Å². The molecule has 0 radical (unpaired) electrons. The fraction of sp³-hybridized carbons (Fsp3) is 0.389. The zero-order valence-corrected chi connectivity index (χ0v) is 16.7. The number of hydrogen-bond donors (Lipinski definition) is 2. The summed E-state index contributed by atoms with van der Waals surface area (Å²) in [5, 5.41) is 7.59. The van der Waals surface area contributed by atoms with Crippen molar-refractivity contribution in [3.63, 3.8) is 0 Å².